The van der Waals surface area contributed by atoms with Crippen LogP contribution < -0.4 is 0 Å². The first kappa shape index (κ1) is 28.7. The SMILES string of the molecule is CC(C)C1(OC(=O)COC23CC4(O)CC(O)(CC(OCCOC(=O)C(C)(F)F)(C4)C2)C3)C2CC3CC(C2)CC1C3. The van der Waals surface area contributed by atoms with Gasteiger partial charge in [-0.3, -0.25) is 0 Å². The van der Waals surface area contributed by atoms with Crippen LogP contribution in [-0.4, -0.2) is 75.9 Å². The molecule has 0 spiro atoms. The smallest absolute Gasteiger partial charge is 0.376 e. The summed E-state index contributed by atoms with van der Waals surface area (Å²) < 4.78 is 49.7. The highest BCUT2D eigenvalue weighted by molar-refractivity contribution is 5.76. The van der Waals surface area contributed by atoms with Gasteiger partial charge in [-0.05, 0) is 61.7 Å². The first-order valence-electron chi connectivity index (χ1n) is 15.1. The molecule has 0 amide bonds. The number of hydrogen-bond acceptors (Lipinski definition) is 8. The van der Waals surface area contributed by atoms with Gasteiger partial charge in [0.1, 0.15) is 18.8 Å². The average Bonchev–Trinajstić information content (AvgIpc) is 2.79. The zero-order valence-corrected chi connectivity index (χ0v) is 23.9. The van der Waals surface area contributed by atoms with Gasteiger partial charge in [0.25, 0.3) is 0 Å². The van der Waals surface area contributed by atoms with Crippen molar-refractivity contribution in [2.75, 3.05) is 19.8 Å². The second kappa shape index (κ2) is 9.32. The number of aliphatic hydroxyl groups is 2. The van der Waals surface area contributed by atoms with E-state index in [9.17, 15) is 28.6 Å². The first-order valence-corrected chi connectivity index (χ1v) is 15.1. The lowest BCUT2D eigenvalue weighted by Crippen LogP contribution is -2.73. The lowest BCUT2D eigenvalue weighted by Gasteiger charge is -2.66. The van der Waals surface area contributed by atoms with E-state index in [1.54, 1.807) is 0 Å². The maximum atomic E-state index is 13.4. The molecule has 0 heterocycles. The van der Waals surface area contributed by atoms with E-state index in [0.717, 1.165) is 37.5 Å². The molecule has 0 aromatic heterocycles. The maximum absolute atomic E-state index is 13.4. The molecular formula is C30H44F2O8. The largest absolute Gasteiger partial charge is 0.459 e. The topological polar surface area (TPSA) is 112 Å². The van der Waals surface area contributed by atoms with Crippen LogP contribution in [0.5, 0.6) is 0 Å². The number of esters is 2. The summed E-state index contributed by atoms with van der Waals surface area (Å²) in [7, 11) is 0. The van der Waals surface area contributed by atoms with Crippen molar-refractivity contribution >= 4 is 11.9 Å². The number of alkyl halides is 2. The van der Waals surface area contributed by atoms with Crippen LogP contribution >= 0.6 is 0 Å². The summed E-state index contributed by atoms with van der Waals surface area (Å²) in [5.74, 6) is -3.17. The fraction of sp³-hybridized carbons (Fsp3) is 0.933. The van der Waals surface area contributed by atoms with Crippen molar-refractivity contribution in [3.63, 3.8) is 0 Å². The summed E-state index contributed by atoms with van der Waals surface area (Å²) in [6, 6.07) is 0. The Labute approximate surface area is 234 Å². The summed E-state index contributed by atoms with van der Waals surface area (Å²) in [5, 5.41) is 22.8. The van der Waals surface area contributed by atoms with Crippen LogP contribution in [0.1, 0.15) is 91.4 Å². The van der Waals surface area contributed by atoms with Crippen molar-refractivity contribution in [1.29, 1.82) is 0 Å². The molecular weight excluding hydrogens is 526 g/mol. The molecule has 8 saturated carbocycles. The number of carbonyl (C=O) groups excluding carboxylic acids is 2. The first-order chi connectivity index (χ1) is 18.6. The maximum Gasteiger partial charge on any atom is 0.376 e. The normalized spacial score (nSPS) is 46.7. The molecule has 0 saturated heterocycles. The van der Waals surface area contributed by atoms with Crippen LogP contribution in [0.25, 0.3) is 0 Å². The molecule has 0 aliphatic heterocycles. The van der Waals surface area contributed by atoms with E-state index in [1.165, 1.54) is 6.42 Å². The van der Waals surface area contributed by atoms with Gasteiger partial charge in [0.05, 0.1) is 29.0 Å². The molecule has 10 heteroatoms. The second-order valence-corrected chi connectivity index (χ2v) is 14.8. The average molecular weight is 571 g/mol. The van der Waals surface area contributed by atoms with Gasteiger partial charge < -0.3 is 29.2 Å². The third-order valence-electron chi connectivity index (χ3n) is 11.1. The number of carbonyl (C=O) groups is 2. The highest BCUT2D eigenvalue weighted by Crippen LogP contribution is 2.64. The van der Waals surface area contributed by atoms with Crippen LogP contribution in [0.3, 0.4) is 0 Å². The molecule has 0 aromatic rings. The minimum Gasteiger partial charge on any atom is -0.459 e. The van der Waals surface area contributed by atoms with Gasteiger partial charge in [0, 0.05) is 45.4 Å². The standard InChI is InChI=1S/C30H44F2O8/c1-18(2)30(21-7-19-6-20(9-21)10-22(30)8-19)40-23(33)11-39-29-15-26(35)12-27(36,16-29)14-28(13-26,17-29)38-5-4-37-24(34)25(3,31)32/h18-22,35-36H,4-17H2,1-3H3. The number of hydrogen-bond donors (Lipinski definition) is 2. The molecule has 2 unspecified atom stereocenters. The molecule has 40 heavy (non-hydrogen) atoms. The van der Waals surface area contributed by atoms with Crippen molar-refractivity contribution in [3.05, 3.63) is 0 Å². The minimum absolute atomic E-state index is 0.159. The van der Waals surface area contributed by atoms with Crippen molar-refractivity contribution in [2.24, 2.45) is 29.6 Å². The van der Waals surface area contributed by atoms with Gasteiger partial charge in [0.15, 0.2) is 0 Å². The highest BCUT2D eigenvalue weighted by atomic mass is 19.3. The molecule has 8 bridgehead atoms. The van der Waals surface area contributed by atoms with Gasteiger partial charge in [-0.15, -0.1) is 0 Å². The zero-order chi connectivity index (χ0) is 28.8. The molecule has 8 rings (SSSR count). The highest BCUT2D eigenvalue weighted by Gasteiger charge is 2.69. The van der Waals surface area contributed by atoms with E-state index < -0.39 is 45.9 Å². The van der Waals surface area contributed by atoms with Crippen LogP contribution in [0.15, 0.2) is 0 Å². The fourth-order valence-electron chi connectivity index (χ4n) is 10.8. The fourth-order valence-corrected chi connectivity index (χ4v) is 10.8. The van der Waals surface area contributed by atoms with Crippen molar-refractivity contribution in [2.45, 2.75) is 125 Å². The Morgan fingerprint density at radius 3 is 1.85 bits per heavy atom. The molecule has 226 valence electrons. The lowest BCUT2D eigenvalue weighted by molar-refractivity contribution is -0.319. The molecule has 0 radical (unpaired) electrons. The summed E-state index contributed by atoms with van der Waals surface area (Å²) >= 11 is 0. The Kier molecular flexibility index (Phi) is 6.70. The van der Waals surface area contributed by atoms with Gasteiger partial charge in [0.2, 0.25) is 0 Å². The molecule has 2 atom stereocenters. The van der Waals surface area contributed by atoms with Crippen molar-refractivity contribution in [1.82, 2.24) is 0 Å². The van der Waals surface area contributed by atoms with E-state index in [0.29, 0.717) is 25.2 Å². The van der Waals surface area contributed by atoms with Gasteiger partial charge in [-0.25, -0.2) is 9.59 Å². The third kappa shape index (κ3) is 4.88. The molecule has 8 aliphatic carbocycles. The van der Waals surface area contributed by atoms with E-state index >= 15 is 0 Å². The van der Waals surface area contributed by atoms with Gasteiger partial charge >= 0.3 is 17.9 Å². The molecule has 0 aromatic carbocycles. The molecule has 2 N–H and O–H groups in total. The number of rotatable bonds is 10. The van der Waals surface area contributed by atoms with E-state index in [-0.39, 0.29) is 57.8 Å². The molecule has 8 nitrogen and oxygen atoms in total. The monoisotopic (exact) mass is 570 g/mol. The third-order valence-corrected chi connectivity index (χ3v) is 11.1. The van der Waals surface area contributed by atoms with E-state index in [1.807, 2.05) is 0 Å². The van der Waals surface area contributed by atoms with E-state index in [2.05, 4.69) is 18.6 Å². The zero-order valence-electron chi connectivity index (χ0n) is 23.9. The Morgan fingerprint density at radius 1 is 0.825 bits per heavy atom. The van der Waals surface area contributed by atoms with E-state index in [4.69, 9.17) is 14.2 Å². The van der Waals surface area contributed by atoms with Gasteiger partial charge in [-0.1, -0.05) is 13.8 Å². The predicted molar refractivity (Wildman–Crippen MR) is 137 cm³/mol. The Bertz CT molecular complexity index is 991. The summed E-state index contributed by atoms with van der Waals surface area (Å²) in [6.07, 6.45) is 7.33. The number of halogens is 2. The Balaban J connectivity index is 1.12. The van der Waals surface area contributed by atoms with Crippen LogP contribution in [0.4, 0.5) is 8.78 Å². The number of ether oxygens (including phenoxy) is 4. The minimum atomic E-state index is -3.59. The van der Waals surface area contributed by atoms with Gasteiger partial charge in [-0.2, -0.15) is 8.78 Å². The summed E-state index contributed by atoms with van der Waals surface area (Å²) in [6.45, 7) is 3.97. The van der Waals surface area contributed by atoms with Crippen molar-refractivity contribution in [3.8, 4) is 0 Å². The Hall–Kier alpha value is -1.36. The molecule has 8 fully saturated rings. The van der Waals surface area contributed by atoms with Crippen LogP contribution in [-0.2, 0) is 28.5 Å². The van der Waals surface area contributed by atoms with Crippen molar-refractivity contribution < 1.29 is 47.5 Å². The lowest BCUT2D eigenvalue weighted by atomic mass is 9.47. The predicted octanol–water partition coefficient (Wildman–Crippen LogP) is 3.93. The summed E-state index contributed by atoms with van der Waals surface area (Å²) in [4.78, 5) is 24.8. The quantitative estimate of drug-likeness (QED) is 0.300. The molecule has 8 aliphatic rings. The summed E-state index contributed by atoms with van der Waals surface area (Å²) in [5.41, 5.74) is -4.94. The second-order valence-electron chi connectivity index (χ2n) is 14.8. The van der Waals surface area contributed by atoms with Crippen LogP contribution in [0.2, 0.25) is 0 Å². The Morgan fingerprint density at radius 2 is 1.35 bits per heavy atom. The van der Waals surface area contributed by atoms with Crippen LogP contribution in [0, 0.1) is 29.6 Å².